The molecule has 2 unspecified atom stereocenters. The highest BCUT2D eigenvalue weighted by molar-refractivity contribution is 5.70. The summed E-state index contributed by atoms with van der Waals surface area (Å²) in [6.45, 7) is 4.39. The highest BCUT2D eigenvalue weighted by atomic mass is 16.7. The Labute approximate surface area is 555 Å². The van der Waals surface area contributed by atoms with E-state index < -0.39 is 30.3 Å². The maximum atomic E-state index is 12.9. The molecule has 0 heterocycles. The number of carboxylic acid groups (broad SMARTS) is 1. The molecule has 0 N–H and O–H groups in total. The number of hydrogen-bond donors (Lipinski definition) is 0. The van der Waals surface area contributed by atoms with Crippen LogP contribution in [0, 0.1) is 0 Å². The molecule has 0 amide bonds. The van der Waals surface area contributed by atoms with E-state index in [1.807, 2.05) is 21.1 Å². The summed E-state index contributed by atoms with van der Waals surface area (Å²) in [4.78, 5) is 37.4. The van der Waals surface area contributed by atoms with Gasteiger partial charge >= 0.3 is 11.9 Å². The van der Waals surface area contributed by atoms with E-state index in [0.717, 1.165) is 167 Å². The third-order valence-corrected chi connectivity index (χ3v) is 13.4. The number of ether oxygens (including phenoxy) is 4. The molecule has 0 saturated heterocycles. The van der Waals surface area contributed by atoms with Crippen molar-refractivity contribution in [3.8, 4) is 0 Å². The molecule has 0 rings (SSSR count). The lowest BCUT2D eigenvalue weighted by Crippen LogP contribution is -2.44. The largest absolute Gasteiger partial charge is 0.545 e. The first-order valence-corrected chi connectivity index (χ1v) is 34.5. The maximum Gasteiger partial charge on any atom is 0.306 e. The first-order valence-electron chi connectivity index (χ1n) is 34.5. The second kappa shape index (κ2) is 69.2. The number of likely N-dealkylation sites (N-methyl/N-ethyl adjacent to an activating group) is 1. The van der Waals surface area contributed by atoms with Crippen LogP contribution in [0.3, 0.4) is 0 Å². The first kappa shape index (κ1) is 84.4. The predicted molar refractivity (Wildman–Crippen MR) is 388 cm³/mol. The van der Waals surface area contributed by atoms with Gasteiger partial charge in [-0.1, -0.05) is 270 Å². The van der Waals surface area contributed by atoms with Crippen LogP contribution < -0.4 is 5.11 Å². The minimum absolute atomic E-state index is 0.121. The second-order valence-corrected chi connectivity index (χ2v) is 23.0. The summed E-state index contributed by atoms with van der Waals surface area (Å²) in [6, 6.07) is 0. The number of quaternary nitrogens is 1. The Morgan fingerprint density at radius 1 is 0.330 bits per heavy atom. The van der Waals surface area contributed by atoms with Crippen LogP contribution in [-0.4, -0.2) is 82.3 Å². The Balaban J connectivity index is 4.36. The quantitative estimate of drug-likeness (QED) is 0.0195. The predicted octanol–water partition coefficient (Wildman–Crippen LogP) is 20.6. The van der Waals surface area contributed by atoms with Gasteiger partial charge in [-0.3, -0.25) is 9.59 Å². The van der Waals surface area contributed by atoms with Gasteiger partial charge in [-0.15, -0.1) is 0 Å². The number of aliphatic carboxylic acids is 1. The summed E-state index contributed by atoms with van der Waals surface area (Å²) in [5, 5.41) is 11.8. The minimum atomic E-state index is -1.66. The normalized spacial score (nSPS) is 14.2. The lowest BCUT2D eigenvalue weighted by molar-refractivity contribution is -0.870. The van der Waals surface area contributed by atoms with E-state index in [1.54, 1.807) is 0 Å². The Bertz CT molecular complexity index is 2350. The van der Waals surface area contributed by atoms with Crippen molar-refractivity contribution in [1.82, 2.24) is 0 Å². The molecule has 0 aromatic heterocycles. The average molecular weight is 1250 g/mol. The third kappa shape index (κ3) is 70.7. The van der Waals surface area contributed by atoms with Gasteiger partial charge < -0.3 is 33.3 Å². The Hall–Kier alpha value is -6.65. The average Bonchev–Trinajstić information content (AvgIpc) is 3.50. The number of carboxylic acids is 1. The first-order chi connectivity index (χ1) is 44.6. The van der Waals surface area contributed by atoms with Gasteiger partial charge in [0.15, 0.2) is 12.4 Å². The van der Waals surface area contributed by atoms with E-state index in [0.29, 0.717) is 23.9 Å². The summed E-state index contributed by atoms with van der Waals surface area (Å²) >= 11 is 0. The lowest BCUT2D eigenvalue weighted by atomic mass is 10.1. The van der Waals surface area contributed by atoms with Crippen molar-refractivity contribution in [2.24, 2.45) is 0 Å². The van der Waals surface area contributed by atoms with E-state index >= 15 is 0 Å². The molecule has 0 aromatic carbocycles. The van der Waals surface area contributed by atoms with E-state index in [2.05, 4.69) is 245 Å². The molecule has 9 nitrogen and oxygen atoms in total. The van der Waals surface area contributed by atoms with E-state index in [9.17, 15) is 19.5 Å². The summed E-state index contributed by atoms with van der Waals surface area (Å²) in [5.74, 6) is -2.42. The lowest BCUT2D eigenvalue weighted by Gasteiger charge is -2.26. The fourth-order valence-electron chi connectivity index (χ4n) is 8.21. The van der Waals surface area contributed by atoms with Crippen molar-refractivity contribution in [3.63, 3.8) is 0 Å². The topological polar surface area (TPSA) is 111 Å². The number of rotatable bonds is 60. The van der Waals surface area contributed by atoms with Crippen LogP contribution >= 0.6 is 0 Å². The Kier molecular flexibility index (Phi) is 64.2. The molecule has 9 heteroatoms. The van der Waals surface area contributed by atoms with Gasteiger partial charge in [-0.25, -0.2) is 0 Å². The zero-order chi connectivity index (χ0) is 66.1. The summed E-state index contributed by atoms with van der Waals surface area (Å²) in [7, 11) is 5.88. The Morgan fingerprint density at radius 3 is 0.912 bits per heavy atom. The van der Waals surface area contributed by atoms with Gasteiger partial charge in [0.05, 0.1) is 40.3 Å². The van der Waals surface area contributed by atoms with Crippen molar-refractivity contribution in [2.75, 3.05) is 47.5 Å². The molecule has 0 fully saturated rings. The molecule has 2 atom stereocenters. The van der Waals surface area contributed by atoms with Crippen molar-refractivity contribution in [2.45, 2.75) is 219 Å². The number of esters is 2. The number of hydrogen-bond acceptors (Lipinski definition) is 8. The smallest absolute Gasteiger partial charge is 0.306 e. The molecule has 0 aliphatic rings. The zero-order valence-electron chi connectivity index (χ0n) is 57.3. The minimum Gasteiger partial charge on any atom is -0.545 e. The van der Waals surface area contributed by atoms with Crippen LogP contribution in [0.2, 0.25) is 0 Å². The van der Waals surface area contributed by atoms with E-state index in [-0.39, 0.29) is 32.7 Å². The Morgan fingerprint density at radius 2 is 0.604 bits per heavy atom. The van der Waals surface area contributed by atoms with Crippen LogP contribution in [0.4, 0.5) is 0 Å². The molecule has 0 saturated carbocycles. The van der Waals surface area contributed by atoms with Gasteiger partial charge in [0, 0.05) is 12.8 Å². The molecule has 0 aliphatic heterocycles. The van der Waals surface area contributed by atoms with Crippen LogP contribution in [0.1, 0.15) is 206 Å². The molecule has 0 aromatic rings. The molecule has 0 radical (unpaired) electrons. The van der Waals surface area contributed by atoms with E-state index in [1.165, 1.54) is 0 Å². The van der Waals surface area contributed by atoms with Crippen molar-refractivity contribution < 1.29 is 42.9 Å². The highest BCUT2D eigenvalue weighted by Crippen LogP contribution is 2.12. The SMILES string of the molecule is CC/C=C\C/C=C\C/C=C\C/C=C\C/C=C\C/C=C\C/C=C\C/C=C\C/C=C\C/C=C\CCCCCCCCC(=O)OC(COC(=O)CCC/C=C\C/C=C\C/C=C\C/C=C\C/C=C\C/C=C\C/C=C\C/C=C\C/C=C\CC)COC(OCC[N+](C)(C)C)C(=O)[O-]. The standard InChI is InChI=1S/C82H123NO8/c1-6-8-10-12-14-16-18-20-22-24-26-28-30-32-34-36-37-38-39-40-41-42-43-45-47-49-51-53-55-57-59-61-63-65-67-69-71-73-80(85)91-78(77-90-82(81(86)87)88-75-74-83(3,4)5)76-89-79(84)72-70-68-66-64-62-60-58-56-54-52-50-48-46-44-35-33-31-29-27-25-23-21-19-17-15-13-11-9-7-2/h8-11,14-17,20-23,26-29,32-35,37-38,40-41,43,45-46,48-49,51-52,54-55,57-58,60,64,66,78,82H,6-7,12-13,18-19,24-25,30-31,36,39,42,44,47,50,53,56,59,61-63,65,67-77H2,1-5H3/b10-8-,11-9-,16-14-,17-15-,22-20-,23-21-,28-26-,29-27-,34-32-,35-33-,38-37-,41-40-,45-43-,48-46-,51-49-,54-52-,57-55-,60-58-,66-64-. The molecule has 0 aliphatic carbocycles. The van der Waals surface area contributed by atoms with Gasteiger partial charge in [-0.05, 0) is 154 Å². The molecule has 0 spiro atoms. The number of nitrogens with zero attached hydrogens (tertiary/aromatic N) is 1. The molecule has 91 heavy (non-hydrogen) atoms. The van der Waals surface area contributed by atoms with E-state index in [4.69, 9.17) is 18.9 Å². The monoisotopic (exact) mass is 1250 g/mol. The van der Waals surface area contributed by atoms with Crippen LogP contribution in [0.25, 0.3) is 0 Å². The number of allylic oxidation sites excluding steroid dienone is 38. The van der Waals surface area contributed by atoms with Crippen LogP contribution in [0.15, 0.2) is 231 Å². The van der Waals surface area contributed by atoms with Crippen molar-refractivity contribution >= 4 is 17.9 Å². The molecule has 0 bridgehead atoms. The number of carbonyl (C=O) groups is 3. The fraction of sp³-hybridized carbons (Fsp3) is 0.500. The van der Waals surface area contributed by atoms with Gasteiger partial charge in [0.2, 0.25) is 0 Å². The third-order valence-electron chi connectivity index (χ3n) is 13.4. The summed E-state index contributed by atoms with van der Waals surface area (Å²) < 4.78 is 22.7. The fourth-order valence-corrected chi connectivity index (χ4v) is 8.21. The molecular weight excluding hydrogens is 1130 g/mol. The highest BCUT2D eigenvalue weighted by Gasteiger charge is 2.22. The van der Waals surface area contributed by atoms with Gasteiger partial charge in [0.25, 0.3) is 0 Å². The van der Waals surface area contributed by atoms with Crippen LogP contribution in [0.5, 0.6) is 0 Å². The summed E-state index contributed by atoms with van der Waals surface area (Å²) in [5.41, 5.74) is 0. The molecule has 504 valence electrons. The summed E-state index contributed by atoms with van der Waals surface area (Å²) in [6.07, 6.45) is 108. The molecular formula is C82H123NO8. The van der Waals surface area contributed by atoms with Gasteiger partial charge in [-0.2, -0.15) is 0 Å². The van der Waals surface area contributed by atoms with Crippen LogP contribution in [-0.2, 0) is 33.3 Å². The number of carbonyl (C=O) groups excluding carboxylic acids is 3. The van der Waals surface area contributed by atoms with Gasteiger partial charge in [0.1, 0.15) is 13.2 Å². The second-order valence-electron chi connectivity index (χ2n) is 23.0. The van der Waals surface area contributed by atoms with Crippen molar-refractivity contribution in [1.29, 1.82) is 0 Å². The maximum absolute atomic E-state index is 12.9. The number of unbranched alkanes of at least 4 members (excludes halogenated alkanes) is 7. The van der Waals surface area contributed by atoms with Crippen molar-refractivity contribution in [3.05, 3.63) is 231 Å². The zero-order valence-corrected chi connectivity index (χ0v) is 57.3.